The number of aliphatic imine (C=N–C) groups is 3. The van der Waals surface area contributed by atoms with Crippen molar-refractivity contribution < 1.29 is 0 Å². The zero-order chi connectivity index (χ0) is 32.0. The van der Waals surface area contributed by atoms with Crippen LogP contribution in [0.5, 0.6) is 0 Å². The van der Waals surface area contributed by atoms with Gasteiger partial charge in [0.2, 0.25) is 0 Å². The van der Waals surface area contributed by atoms with E-state index in [1.165, 1.54) is 52.7 Å². The summed E-state index contributed by atoms with van der Waals surface area (Å²) in [4.78, 5) is 20.5. The summed E-state index contributed by atoms with van der Waals surface area (Å²) in [5.41, 5.74) is 11.0. The first kappa shape index (κ1) is 31.2. The van der Waals surface area contributed by atoms with Crippen LogP contribution < -0.4 is 0 Å². The number of rotatable bonds is 6. The molecule has 47 heavy (non-hydrogen) atoms. The first-order chi connectivity index (χ1) is 23.2. The van der Waals surface area contributed by atoms with Gasteiger partial charge in [-0.25, -0.2) is 0 Å². The molecule has 1 aromatic heterocycles. The molecule has 0 radical (unpaired) electrons. The molecule has 4 nitrogen and oxygen atoms in total. The summed E-state index contributed by atoms with van der Waals surface area (Å²) < 4.78 is 0. The maximum Gasteiger partial charge on any atom is 0.0983 e. The van der Waals surface area contributed by atoms with Crippen molar-refractivity contribution in [1.82, 2.24) is 4.98 Å². The monoisotopic (exact) mass is 618 g/mol. The van der Waals surface area contributed by atoms with Crippen LogP contribution in [-0.2, 0) is 6.42 Å². The molecule has 0 spiro atoms. The largest absolute Gasteiger partial charge is 0.283 e. The Hall–Kier alpha value is -4.44. The van der Waals surface area contributed by atoms with Crippen molar-refractivity contribution in [3.63, 3.8) is 0 Å². The highest BCUT2D eigenvalue weighted by Crippen LogP contribution is 2.40. The van der Waals surface area contributed by atoms with E-state index in [0.717, 1.165) is 49.2 Å². The summed E-state index contributed by atoms with van der Waals surface area (Å²) in [5.74, 6) is 1.07. The molecule has 5 atom stereocenters. The zero-order valence-corrected chi connectivity index (χ0v) is 27.8. The Bertz CT molecular complexity index is 1790. The molecule has 0 saturated carbocycles. The van der Waals surface area contributed by atoms with Crippen LogP contribution in [0.1, 0.15) is 105 Å². The first-order valence-corrected chi connectivity index (χ1v) is 17.7. The second-order valence-corrected chi connectivity index (χ2v) is 13.4. The molecule has 7 rings (SSSR count). The number of fused-ring (bicyclic) bond motifs is 1. The van der Waals surface area contributed by atoms with Crippen LogP contribution in [0.2, 0.25) is 0 Å². The van der Waals surface area contributed by atoms with E-state index in [1.54, 1.807) is 0 Å². The third-order valence-electron chi connectivity index (χ3n) is 10.4. The predicted molar refractivity (Wildman–Crippen MR) is 199 cm³/mol. The fraction of sp³-hybridized carbons (Fsp3) is 0.349. The quantitative estimate of drug-likeness (QED) is 0.297. The average molecular weight is 619 g/mol. The first-order valence-electron chi connectivity index (χ1n) is 17.7. The second-order valence-electron chi connectivity index (χ2n) is 13.4. The van der Waals surface area contributed by atoms with Crippen LogP contribution in [0.15, 0.2) is 129 Å². The third-order valence-corrected chi connectivity index (χ3v) is 10.4. The van der Waals surface area contributed by atoms with Gasteiger partial charge < -0.3 is 0 Å². The molecule has 5 aliphatic rings. The fourth-order valence-electron chi connectivity index (χ4n) is 7.77. The van der Waals surface area contributed by atoms with E-state index < -0.39 is 0 Å². The Kier molecular flexibility index (Phi) is 9.65. The van der Waals surface area contributed by atoms with Crippen molar-refractivity contribution >= 4 is 23.8 Å². The molecule has 0 amide bonds. The highest BCUT2D eigenvalue weighted by Gasteiger charge is 2.30. The van der Waals surface area contributed by atoms with Gasteiger partial charge >= 0.3 is 0 Å². The summed E-state index contributed by atoms with van der Waals surface area (Å²) in [7, 11) is 0. The summed E-state index contributed by atoms with van der Waals surface area (Å²) in [6.07, 6.45) is 39.0. The number of aryl methyl sites for hydroxylation is 1. The molecule has 0 fully saturated rings. The van der Waals surface area contributed by atoms with E-state index in [2.05, 4.69) is 111 Å². The standard InChI is InChI=1S/C43H46N4/c1-3-31-27-36(32-15-8-6-9-16-32)29-46-42(31)41-30(2)37(24-26-45-41)34-19-13-20-35(28-34)39-22-14-23-40(47-39)43-38-21-11-10-18-33(38)17-7-4-5-12-25-44-43/h4-5,7-8,10,12-15,17-20,23,25-29,32,37-39,43H,3,6,9,11,16,21-22,24H2,1-2H3/b7-4-,12-5-,33-17+,44-25+. The van der Waals surface area contributed by atoms with Gasteiger partial charge in [-0.05, 0) is 104 Å². The van der Waals surface area contributed by atoms with Gasteiger partial charge in [-0.1, -0.05) is 91.9 Å². The summed E-state index contributed by atoms with van der Waals surface area (Å²) in [5, 5.41) is 0. The summed E-state index contributed by atoms with van der Waals surface area (Å²) >= 11 is 0. The minimum absolute atomic E-state index is 0.00709. The lowest BCUT2D eigenvalue weighted by Gasteiger charge is -2.30. The molecule has 0 bridgehead atoms. The van der Waals surface area contributed by atoms with E-state index in [4.69, 9.17) is 20.0 Å². The van der Waals surface area contributed by atoms with E-state index in [0.29, 0.717) is 11.8 Å². The van der Waals surface area contributed by atoms with Gasteiger partial charge in [0.05, 0.1) is 29.2 Å². The van der Waals surface area contributed by atoms with Gasteiger partial charge in [0.1, 0.15) is 0 Å². The van der Waals surface area contributed by atoms with Gasteiger partial charge in [-0.3, -0.25) is 20.0 Å². The maximum atomic E-state index is 5.40. The van der Waals surface area contributed by atoms with Crippen molar-refractivity contribution in [1.29, 1.82) is 0 Å². The maximum absolute atomic E-state index is 5.40. The van der Waals surface area contributed by atoms with Crippen molar-refractivity contribution in [3.05, 3.63) is 142 Å². The second kappa shape index (κ2) is 14.5. The molecule has 0 saturated heterocycles. The molecule has 0 N–H and O–H groups in total. The number of hydrogen-bond donors (Lipinski definition) is 0. The summed E-state index contributed by atoms with van der Waals surface area (Å²) in [6, 6.07) is 11.6. The Balaban J connectivity index is 1.17. The molecule has 1 aromatic carbocycles. The van der Waals surface area contributed by atoms with E-state index in [9.17, 15) is 0 Å². The van der Waals surface area contributed by atoms with Gasteiger partial charge in [0.25, 0.3) is 0 Å². The minimum Gasteiger partial charge on any atom is -0.283 e. The number of hydrogen-bond acceptors (Lipinski definition) is 4. The Morgan fingerprint density at radius 1 is 0.872 bits per heavy atom. The molecule has 4 heteroatoms. The molecule has 2 aliphatic carbocycles. The van der Waals surface area contributed by atoms with E-state index in [1.807, 2.05) is 18.4 Å². The van der Waals surface area contributed by atoms with Gasteiger partial charge in [-0.2, -0.15) is 0 Å². The highest BCUT2D eigenvalue weighted by molar-refractivity contribution is 6.01. The van der Waals surface area contributed by atoms with E-state index in [-0.39, 0.29) is 18.0 Å². The average Bonchev–Trinajstić information content (AvgIpc) is 3.14. The van der Waals surface area contributed by atoms with Crippen molar-refractivity contribution in [3.8, 4) is 0 Å². The highest BCUT2D eigenvalue weighted by atomic mass is 14.9. The molecule has 4 heterocycles. The molecule has 238 valence electrons. The van der Waals surface area contributed by atoms with Crippen LogP contribution in [0.3, 0.4) is 0 Å². The van der Waals surface area contributed by atoms with E-state index >= 15 is 0 Å². The van der Waals surface area contributed by atoms with Crippen LogP contribution >= 0.6 is 0 Å². The number of pyridine rings is 1. The topological polar surface area (TPSA) is 50.0 Å². The predicted octanol–water partition coefficient (Wildman–Crippen LogP) is 10.4. The SMILES string of the molecule is CCc1cc(C2C=CCCC2)cnc1C1=C(C)C(c2cccc(C3CC=CC(C4/N=C/C=C\C=C/C=C5\C=CCCC54)=N3)c2)CC=N1. The number of allylic oxidation sites excluding steroid dienone is 10. The number of dihydropyridines is 1. The molecular formula is C43H46N4. The number of benzene rings is 1. The molecular weight excluding hydrogens is 573 g/mol. The van der Waals surface area contributed by atoms with Crippen LogP contribution in [0, 0.1) is 5.92 Å². The van der Waals surface area contributed by atoms with Crippen molar-refractivity contribution in [2.75, 3.05) is 0 Å². The number of nitrogens with zero attached hydrogens (tertiary/aromatic N) is 4. The molecule has 2 aromatic rings. The Labute approximate surface area is 280 Å². The van der Waals surface area contributed by atoms with Gasteiger partial charge in [-0.15, -0.1) is 0 Å². The Morgan fingerprint density at radius 2 is 1.79 bits per heavy atom. The number of aromatic nitrogens is 1. The lowest BCUT2D eigenvalue weighted by Crippen LogP contribution is -2.31. The molecule has 5 unspecified atom stereocenters. The summed E-state index contributed by atoms with van der Waals surface area (Å²) in [6.45, 7) is 4.49. The normalized spacial score (nSPS) is 30.2. The van der Waals surface area contributed by atoms with Crippen LogP contribution in [-0.4, -0.2) is 29.2 Å². The van der Waals surface area contributed by atoms with Crippen molar-refractivity contribution in [2.24, 2.45) is 20.9 Å². The smallest absolute Gasteiger partial charge is 0.0983 e. The lowest BCUT2D eigenvalue weighted by molar-refractivity contribution is 0.525. The lowest BCUT2D eigenvalue weighted by atomic mass is 9.80. The fourth-order valence-corrected chi connectivity index (χ4v) is 7.77. The Morgan fingerprint density at radius 3 is 2.68 bits per heavy atom. The van der Waals surface area contributed by atoms with Gasteiger partial charge in [0.15, 0.2) is 0 Å². The van der Waals surface area contributed by atoms with Gasteiger partial charge in [0, 0.05) is 36.4 Å². The van der Waals surface area contributed by atoms with Crippen molar-refractivity contribution in [2.45, 2.75) is 89.1 Å². The zero-order valence-electron chi connectivity index (χ0n) is 27.8. The third kappa shape index (κ3) is 6.83. The molecule has 3 aliphatic heterocycles. The van der Waals surface area contributed by atoms with Crippen LogP contribution in [0.4, 0.5) is 0 Å². The minimum atomic E-state index is 0.00709. The van der Waals surface area contributed by atoms with Crippen LogP contribution in [0.25, 0.3) is 5.70 Å².